The number of rotatable bonds is 2. The fourth-order valence-electron chi connectivity index (χ4n) is 2.35. The molecular formula is C13H16FNS. The van der Waals surface area contributed by atoms with Gasteiger partial charge in [-0.2, -0.15) is 0 Å². The first kappa shape index (κ1) is 10.6. The van der Waals surface area contributed by atoms with Crippen LogP contribution in [-0.4, -0.2) is 11.8 Å². The second kappa shape index (κ2) is 4.04. The standard InChI is InChI=1S/C13H16FNS/c1-8-6-12(8)15-11-4-5-16-13-3-2-9(14)7-10(11)13/h2-3,7-8,11-12,15H,4-6H2,1H3. The highest BCUT2D eigenvalue weighted by Crippen LogP contribution is 2.39. The van der Waals surface area contributed by atoms with Crippen molar-refractivity contribution < 1.29 is 4.39 Å². The summed E-state index contributed by atoms with van der Waals surface area (Å²) < 4.78 is 13.3. The summed E-state index contributed by atoms with van der Waals surface area (Å²) in [6.07, 6.45) is 2.39. The Morgan fingerprint density at radius 2 is 2.25 bits per heavy atom. The molecule has 3 rings (SSSR count). The predicted octanol–water partition coefficient (Wildman–Crippen LogP) is 3.36. The van der Waals surface area contributed by atoms with Gasteiger partial charge in [-0.1, -0.05) is 6.92 Å². The zero-order chi connectivity index (χ0) is 11.1. The molecular weight excluding hydrogens is 221 g/mol. The number of hydrogen-bond donors (Lipinski definition) is 1. The summed E-state index contributed by atoms with van der Waals surface area (Å²) in [5, 5.41) is 3.65. The van der Waals surface area contributed by atoms with Crippen molar-refractivity contribution >= 4 is 11.8 Å². The molecule has 3 atom stereocenters. The molecule has 3 unspecified atom stereocenters. The van der Waals surface area contributed by atoms with Gasteiger partial charge in [-0.3, -0.25) is 0 Å². The van der Waals surface area contributed by atoms with Gasteiger partial charge in [0.1, 0.15) is 5.82 Å². The SMILES string of the molecule is CC1CC1NC1CCSc2ccc(F)cc21. The van der Waals surface area contributed by atoms with Crippen LogP contribution >= 0.6 is 11.8 Å². The Balaban J connectivity index is 1.83. The molecule has 0 saturated heterocycles. The normalized spacial score (nSPS) is 32.2. The number of nitrogens with one attached hydrogen (secondary N) is 1. The number of thioether (sulfide) groups is 1. The first-order valence-electron chi connectivity index (χ1n) is 5.92. The van der Waals surface area contributed by atoms with Crippen molar-refractivity contribution in [3.63, 3.8) is 0 Å². The number of benzene rings is 1. The fraction of sp³-hybridized carbons (Fsp3) is 0.538. The van der Waals surface area contributed by atoms with Crippen molar-refractivity contribution in [1.82, 2.24) is 5.32 Å². The molecule has 1 aliphatic carbocycles. The zero-order valence-corrected chi connectivity index (χ0v) is 10.2. The molecule has 1 heterocycles. The molecule has 3 heteroatoms. The highest BCUT2D eigenvalue weighted by molar-refractivity contribution is 7.99. The van der Waals surface area contributed by atoms with Gasteiger partial charge in [0.05, 0.1) is 0 Å². The first-order valence-corrected chi connectivity index (χ1v) is 6.91. The van der Waals surface area contributed by atoms with Gasteiger partial charge in [-0.15, -0.1) is 11.8 Å². The number of fused-ring (bicyclic) bond motifs is 1. The van der Waals surface area contributed by atoms with Crippen LogP contribution in [0.3, 0.4) is 0 Å². The van der Waals surface area contributed by atoms with Crippen molar-refractivity contribution in [2.24, 2.45) is 5.92 Å². The van der Waals surface area contributed by atoms with E-state index in [1.807, 2.05) is 17.8 Å². The van der Waals surface area contributed by atoms with E-state index in [1.165, 1.54) is 11.3 Å². The van der Waals surface area contributed by atoms with Crippen LogP contribution in [0.2, 0.25) is 0 Å². The Labute approximate surface area is 99.8 Å². The molecule has 2 aliphatic rings. The molecule has 0 spiro atoms. The van der Waals surface area contributed by atoms with E-state index in [2.05, 4.69) is 12.2 Å². The van der Waals surface area contributed by atoms with Crippen LogP contribution in [0.1, 0.15) is 31.4 Å². The van der Waals surface area contributed by atoms with Gasteiger partial charge >= 0.3 is 0 Å². The van der Waals surface area contributed by atoms with Gasteiger partial charge in [0.15, 0.2) is 0 Å². The third-order valence-electron chi connectivity index (χ3n) is 3.54. The van der Waals surface area contributed by atoms with Crippen LogP contribution in [0.25, 0.3) is 0 Å². The lowest BCUT2D eigenvalue weighted by molar-refractivity contribution is 0.490. The monoisotopic (exact) mass is 237 g/mol. The summed E-state index contributed by atoms with van der Waals surface area (Å²) in [5.41, 5.74) is 1.16. The van der Waals surface area contributed by atoms with Crippen molar-refractivity contribution in [3.8, 4) is 0 Å². The van der Waals surface area contributed by atoms with E-state index in [4.69, 9.17) is 0 Å². The molecule has 86 valence electrons. The number of hydrogen-bond acceptors (Lipinski definition) is 2. The van der Waals surface area contributed by atoms with Gasteiger partial charge in [-0.25, -0.2) is 4.39 Å². The number of halogens is 1. The Morgan fingerprint density at radius 3 is 3.00 bits per heavy atom. The summed E-state index contributed by atoms with van der Waals surface area (Å²) >= 11 is 1.84. The molecule has 1 fully saturated rings. The van der Waals surface area contributed by atoms with Crippen molar-refractivity contribution in [2.75, 3.05) is 5.75 Å². The third-order valence-corrected chi connectivity index (χ3v) is 4.66. The summed E-state index contributed by atoms with van der Waals surface area (Å²) in [7, 11) is 0. The zero-order valence-electron chi connectivity index (χ0n) is 9.37. The van der Waals surface area contributed by atoms with Gasteiger partial charge < -0.3 is 5.32 Å². The van der Waals surface area contributed by atoms with E-state index < -0.39 is 0 Å². The molecule has 1 aromatic rings. The topological polar surface area (TPSA) is 12.0 Å². The Morgan fingerprint density at radius 1 is 1.44 bits per heavy atom. The van der Waals surface area contributed by atoms with Gasteiger partial charge in [0.25, 0.3) is 0 Å². The minimum Gasteiger partial charge on any atom is -0.307 e. The molecule has 1 N–H and O–H groups in total. The summed E-state index contributed by atoms with van der Waals surface area (Å²) in [6.45, 7) is 2.27. The Hall–Kier alpha value is -0.540. The van der Waals surface area contributed by atoms with Crippen LogP contribution in [0.4, 0.5) is 4.39 Å². The minimum absolute atomic E-state index is 0.114. The molecule has 0 bridgehead atoms. The van der Waals surface area contributed by atoms with Gasteiger partial charge in [-0.05, 0) is 48.3 Å². The van der Waals surface area contributed by atoms with E-state index in [0.29, 0.717) is 12.1 Å². The molecule has 16 heavy (non-hydrogen) atoms. The van der Waals surface area contributed by atoms with Crippen LogP contribution in [0.5, 0.6) is 0 Å². The van der Waals surface area contributed by atoms with Crippen LogP contribution in [-0.2, 0) is 0 Å². The lowest BCUT2D eigenvalue weighted by Gasteiger charge is -2.26. The fourth-order valence-corrected chi connectivity index (χ4v) is 3.46. The second-order valence-electron chi connectivity index (χ2n) is 4.86. The lowest BCUT2D eigenvalue weighted by Crippen LogP contribution is -2.27. The van der Waals surface area contributed by atoms with Gasteiger partial charge in [0, 0.05) is 17.0 Å². The lowest BCUT2D eigenvalue weighted by atomic mass is 10.0. The Kier molecular flexibility index (Phi) is 2.68. The maximum atomic E-state index is 13.3. The van der Waals surface area contributed by atoms with Crippen molar-refractivity contribution in [2.45, 2.75) is 36.7 Å². The van der Waals surface area contributed by atoms with E-state index in [1.54, 1.807) is 12.1 Å². The van der Waals surface area contributed by atoms with Crippen molar-refractivity contribution in [1.29, 1.82) is 0 Å². The first-order chi connectivity index (χ1) is 7.74. The Bertz CT molecular complexity index is 407. The molecule has 0 aromatic heterocycles. The second-order valence-corrected chi connectivity index (χ2v) is 5.99. The molecule has 1 nitrogen and oxygen atoms in total. The highest BCUT2D eigenvalue weighted by atomic mass is 32.2. The van der Waals surface area contributed by atoms with Crippen molar-refractivity contribution in [3.05, 3.63) is 29.6 Å². The molecule has 1 aliphatic heterocycles. The summed E-state index contributed by atoms with van der Waals surface area (Å²) in [6, 6.07) is 6.20. The van der Waals surface area contributed by atoms with Crippen LogP contribution in [0.15, 0.2) is 23.1 Å². The molecule has 1 saturated carbocycles. The van der Waals surface area contributed by atoms with E-state index in [0.717, 1.165) is 23.7 Å². The van der Waals surface area contributed by atoms with Gasteiger partial charge in [0.2, 0.25) is 0 Å². The quantitative estimate of drug-likeness (QED) is 0.846. The van der Waals surface area contributed by atoms with Crippen LogP contribution < -0.4 is 5.32 Å². The van der Waals surface area contributed by atoms with E-state index in [9.17, 15) is 4.39 Å². The average molecular weight is 237 g/mol. The van der Waals surface area contributed by atoms with E-state index in [-0.39, 0.29) is 5.82 Å². The summed E-state index contributed by atoms with van der Waals surface area (Å²) in [5.74, 6) is 1.82. The largest absolute Gasteiger partial charge is 0.307 e. The smallest absolute Gasteiger partial charge is 0.123 e. The average Bonchev–Trinajstić information content (AvgIpc) is 2.95. The van der Waals surface area contributed by atoms with E-state index >= 15 is 0 Å². The maximum Gasteiger partial charge on any atom is 0.123 e. The predicted molar refractivity (Wildman–Crippen MR) is 65.2 cm³/mol. The molecule has 1 aromatic carbocycles. The van der Waals surface area contributed by atoms with Crippen LogP contribution in [0, 0.1) is 11.7 Å². The maximum absolute atomic E-state index is 13.3. The molecule has 0 amide bonds. The molecule has 0 radical (unpaired) electrons. The minimum atomic E-state index is -0.114. The third kappa shape index (κ3) is 1.98. The summed E-state index contributed by atoms with van der Waals surface area (Å²) in [4.78, 5) is 1.25. The highest BCUT2D eigenvalue weighted by Gasteiger charge is 2.35.